The molecule has 2 aromatic rings. The molecule has 7 heteroatoms. The van der Waals surface area contributed by atoms with Crippen molar-refractivity contribution in [1.82, 2.24) is 15.0 Å². The molecule has 1 amide bonds. The average Bonchev–Trinajstić information content (AvgIpc) is 3.05. The van der Waals surface area contributed by atoms with Gasteiger partial charge in [0.05, 0.1) is 0 Å². The first-order chi connectivity index (χ1) is 12.0. The fourth-order valence-electron chi connectivity index (χ4n) is 2.66. The highest BCUT2D eigenvalue weighted by Crippen LogP contribution is 2.21. The molecule has 0 bridgehead atoms. The number of anilines is 1. The van der Waals surface area contributed by atoms with Crippen LogP contribution in [0, 0.1) is 6.92 Å². The molecule has 0 atom stereocenters. The first-order valence-electron chi connectivity index (χ1n) is 8.28. The number of aryl methyl sites for hydroxylation is 2. The summed E-state index contributed by atoms with van der Waals surface area (Å²) >= 11 is 3.41. The van der Waals surface area contributed by atoms with E-state index in [-0.39, 0.29) is 5.91 Å². The molecule has 0 spiro atoms. The summed E-state index contributed by atoms with van der Waals surface area (Å²) in [4.78, 5) is 18.8. The lowest BCUT2D eigenvalue weighted by Crippen LogP contribution is -2.23. The summed E-state index contributed by atoms with van der Waals surface area (Å²) in [6, 6.07) is 5.76. The van der Waals surface area contributed by atoms with Crippen molar-refractivity contribution in [2.24, 2.45) is 0 Å². The molecule has 0 saturated carbocycles. The number of halogens is 1. The van der Waals surface area contributed by atoms with Gasteiger partial charge in [-0.1, -0.05) is 27.2 Å². The first kappa shape index (κ1) is 17.8. The number of likely N-dealkylation sites (N-methyl/N-ethyl adjacent to an activating group) is 1. The van der Waals surface area contributed by atoms with E-state index in [0.717, 1.165) is 40.8 Å². The second kappa shape index (κ2) is 7.93. The molecule has 6 nitrogen and oxygen atoms in total. The first-order valence-corrected chi connectivity index (χ1v) is 9.07. The second-order valence-corrected chi connectivity index (χ2v) is 7.18. The molecule has 1 N–H and O–H groups in total. The van der Waals surface area contributed by atoms with Gasteiger partial charge in [-0.25, -0.2) is 0 Å². The minimum absolute atomic E-state index is 0.0660. The monoisotopic (exact) mass is 404 g/mol. The lowest BCUT2D eigenvalue weighted by molar-refractivity contribution is -0.116. The van der Waals surface area contributed by atoms with Crippen LogP contribution >= 0.6 is 15.9 Å². The number of benzene rings is 1. The van der Waals surface area contributed by atoms with Crippen molar-refractivity contribution in [3.05, 3.63) is 46.0 Å². The van der Waals surface area contributed by atoms with Crippen LogP contribution in [-0.4, -0.2) is 41.1 Å². The minimum atomic E-state index is -0.0660. The number of nitrogens with zero attached hydrogens (tertiary/aromatic N) is 3. The van der Waals surface area contributed by atoms with Crippen LogP contribution in [0.2, 0.25) is 0 Å². The van der Waals surface area contributed by atoms with E-state index in [1.54, 1.807) is 0 Å². The van der Waals surface area contributed by atoms with E-state index in [1.165, 1.54) is 0 Å². The zero-order chi connectivity index (χ0) is 17.8. The van der Waals surface area contributed by atoms with Gasteiger partial charge < -0.3 is 14.7 Å². The van der Waals surface area contributed by atoms with Crippen molar-refractivity contribution in [1.29, 1.82) is 0 Å². The maximum absolute atomic E-state index is 12.1. The van der Waals surface area contributed by atoms with Crippen molar-refractivity contribution in [2.45, 2.75) is 26.2 Å². The van der Waals surface area contributed by atoms with Crippen molar-refractivity contribution in [2.75, 3.05) is 25.5 Å². The number of nitrogens with one attached hydrogen (secondary N) is 1. The fraction of sp³-hybridized carbons (Fsp3) is 0.389. The Hall–Kier alpha value is -1.99. The fourth-order valence-corrected chi connectivity index (χ4v) is 3.14. The Morgan fingerprint density at radius 3 is 3.00 bits per heavy atom. The zero-order valence-electron chi connectivity index (χ0n) is 14.4. The van der Waals surface area contributed by atoms with Gasteiger partial charge in [0, 0.05) is 36.1 Å². The zero-order valence-corrected chi connectivity index (χ0v) is 16.0. The number of hydrogen-bond donors (Lipinski definition) is 1. The highest BCUT2D eigenvalue weighted by Gasteiger charge is 2.16. The average molecular weight is 405 g/mol. The van der Waals surface area contributed by atoms with Crippen LogP contribution in [0.15, 0.2) is 33.3 Å². The lowest BCUT2D eigenvalue weighted by Gasteiger charge is -2.19. The van der Waals surface area contributed by atoms with Gasteiger partial charge in [-0.2, -0.15) is 4.98 Å². The van der Waals surface area contributed by atoms with Crippen LogP contribution in [0.25, 0.3) is 5.57 Å². The van der Waals surface area contributed by atoms with Crippen molar-refractivity contribution >= 4 is 33.1 Å². The predicted octanol–water partition coefficient (Wildman–Crippen LogP) is 3.43. The standard InChI is InChI=1S/C18H21BrN4O2/c1-12-11-14(19)3-4-15(12)20-16(24)5-6-17-21-18(22-25-17)13-7-9-23(2)10-8-13/h3-4,7,11H,5-6,8-10H2,1-2H3,(H,20,24). The third-order valence-corrected chi connectivity index (χ3v) is 4.69. The largest absolute Gasteiger partial charge is 0.339 e. The Bertz CT molecular complexity index is 800. The number of hydrogen-bond acceptors (Lipinski definition) is 5. The Morgan fingerprint density at radius 2 is 2.28 bits per heavy atom. The van der Waals surface area contributed by atoms with Gasteiger partial charge in [-0.05, 0) is 49.7 Å². The summed E-state index contributed by atoms with van der Waals surface area (Å²) in [7, 11) is 2.08. The topological polar surface area (TPSA) is 71.3 Å². The molecule has 3 rings (SSSR count). The molecule has 1 aromatic carbocycles. The molecular weight excluding hydrogens is 384 g/mol. The molecule has 0 aliphatic carbocycles. The Kier molecular flexibility index (Phi) is 5.65. The van der Waals surface area contributed by atoms with Crippen LogP contribution < -0.4 is 5.32 Å². The lowest BCUT2D eigenvalue weighted by atomic mass is 10.1. The van der Waals surface area contributed by atoms with E-state index in [9.17, 15) is 4.79 Å². The van der Waals surface area contributed by atoms with E-state index < -0.39 is 0 Å². The molecule has 1 aromatic heterocycles. The quantitative estimate of drug-likeness (QED) is 0.826. The number of carbonyl (C=O) groups is 1. The van der Waals surface area contributed by atoms with E-state index in [2.05, 4.69) is 49.4 Å². The van der Waals surface area contributed by atoms with Crippen LogP contribution in [0.1, 0.15) is 30.1 Å². The number of amides is 1. The maximum Gasteiger partial charge on any atom is 0.227 e. The van der Waals surface area contributed by atoms with Gasteiger partial charge in [-0.3, -0.25) is 4.79 Å². The number of carbonyl (C=O) groups excluding carboxylic acids is 1. The molecular formula is C18H21BrN4O2. The number of aromatic nitrogens is 2. The summed E-state index contributed by atoms with van der Waals surface area (Å²) < 4.78 is 6.27. The number of rotatable bonds is 5. The van der Waals surface area contributed by atoms with Gasteiger partial charge in [-0.15, -0.1) is 0 Å². The van der Waals surface area contributed by atoms with Gasteiger partial charge in [0.2, 0.25) is 11.8 Å². The normalized spacial score (nSPS) is 15.1. The Labute approximate surface area is 155 Å². The summed E-state index contributed by atoms with van der Waals surface area (Å²) in [5.74, 6) is 1.08. The van der Waals surface area contributed by atoms with E-state index >= 15 is 0 Å². The van der Waals surface area contributed by atoms with E-state index in [4.69, 9.17) is 4.52 Å². The Balaban J connectivity index is 1.54. The summed E-state index contributed by atoms with van der Waals surface area (Å²) in [5, 5.41) is 6.96. The Morgan fingerprint density at radius 1 is 1.44 bits per heavy atom. The third-order valence-electron chi connectivity index (χ3n) is 4.20. The highest BCUT2D eigenvalue weighted by molar-refractivity contribution is 9.10. The van der Waals surface area contributed by atoms with E-state index in [1.807, 2.05) is 25.1 Å². The molecule has 2 heterocycles. The van der Waals surface area contributed by atoms with Crippen molar-refractivity contribution in [3.8, 4) is 0 Å². The van der Waals surface area contributed by atoms with Crippen molar-refractivity contribution < 1.29 is 9.32 Å². The van der Waals surface area contributed by atoms with Crippen LogP contribution in [0.4, 0.5) is 5.69 Å². The second-order valence-electron chi connectivity index (χ2n) is 6.26. The maximum atomic E-state index is 12.1. The minimum Gasteiger partial charge on any atom is -0.339 e. The van der Waals surface area contributed by atoms with Gasteiger partial charge >= 0.3 is 0 Å². The van der Waals surface area contributed by atoms with Gasteiger partial charge in [0.15, 0.2) is 5.82 Å². The predicted molar refractivity (Wildman–Crippen MR) is 100 cm³/mol. The summed E-state index contributed by atoms with van der Waals surface area (Å²) in [5.41, 5.74) is 2.94. The molecule has 0 fully saturated rings. The van der Waals surface area contributed by atoms with Crippen LogP contribution in [0.5, 0.6) is 0 Å². The molecule has 0 radical (unpaired) electrons. The highest BCUT2D eigenvalue weighted by atomic mass is 79.9. The smallest absolute Gasteiger partial charge is 0.227 e. The molecule has 0 unspecified atom stereocenters. The molecule has 25 heavy (non-hydrogen) atoms. The third kappa shape index (κ3) is 4.76. The van der Waals surface area contributed by atoms with Crippen molar-refractivity contribution in [3.63, 3.8) is 0 Å². The summed E-state index contributed by atoms with van der Waals surface area (Å²) in [6.45, 7) is 3.85. The van der Waals surface area contributed by atoms with Crippen LogP contribution in [0.3, 0.4) is 0 Å². The molecule has 132 valence electrons. The van der Waals surface area contributed by atoms with Crippen LogP contribution in [-0.2, 0) is 11.2 Å². The van der Waals surface area contributed by atoms with Gasteiger partial charge in [0.1, 0.15) is 0 Å². The van der Waals surface area contributed by atoms with E-state index in [0.29, 0.717) is 24.6 Å². The molecule has 1 aliphatic rings. The SMILES string of the molecule is Cc1cc(Br)ccc1NC(=O)CCc1nc(C2=CCN(C)CC2)no1. The molecule has 0 saturated heterocycles. The van der Waals surface area contributed by atoms with Gasteiger partial charge in [0.25, 0.3) is 0 Å². The molecule has 1 aliphatic heterocycles. The summed E-state index contributed by atoms with van der Waals surface area (Å²) in [6.07, 6.45) is 3.78.